The Bertz CT molecular complexity index is 345. The number of nitrogens with one attached hydrogen (secondary N) is 1. The molecule has 1 aliphatic carbocycles. The highest BCUT2D eigenvalue weighted by Gasteiger charge is 2.46. The molecule has 4 heteroatoms. The standard InChI is InChI=1S/C11H13NO3/c1-15-9(13)8-7-11(10(14)12-8)5-3-2-4-6-11/h3-6,8H,2,7H2,1H3,(H,12,14). The van der Waals surface area contributed by atoms with Crippen molar-refractivity contribution in [3.63, 3.8) is 0 Å². The fraction of sp³-hybridized carbons (Fsp3) is 0.455. The van der Waals surface area contributed by atoms with E-state index in [1.165, 1.54) is 7.11 Å². The van der Waals surface area contributed by atoms with Crippen molar-refractivity contribution in [1.82, 2.24) is 5.32 Å². The highest BCUT2D eigenvalue weighted by Crippen LogP contribution is 2.35. The molecule has 1 N–H and O–H groups in total. The van der Waals surface area contributed by atoms with E-state index in [0.29, 0.717) is 6.42 Å². The predicted molar refractivity (Wildman–Crippen MR) is 53.9 cm³/mol. The summed E-state index contributed by atoms with van der Waals surface area (Å²) >= 11 is 0. The first kappa shape index (κ1) is 9.96. The number of carbonyl (C=O) groups is 2. The van der Waals surface area contributed by atoms with E-state index in [9.17, 15) is 9.59 Å². The predicted octanol–water partition coefficient (Wildman–Crippen LogP) is 0.550. The molecular formula is C11H13NO3. The van der Waals surface area contributed by atoms with Crippen LogP contribution in [0.25, 0.3) is 0 Å². The van der Waals surface area contributed by atoms with Crippen LogP contribution in [0.4, 0.5) is 0 Å². The van der Waals surface area contributed by atoms with Gasteiger partial charge in [-0.05, 0) is 12.8 Å². The quantitative estimate of drug-likeness (QED) is 0.504. The second kappa shape index (κ2) is 3.53. The molecule has 1 saturated heterocycles. The monoisotopic (exact) mass is 207 g/mol. The van der Waals surface area contributed by atoms with Gasteiger partial charge in [-0.25, -0.2) is 4.79 Å². The van der Waals surface area contributed by atoms with Gasteiger partial charge in [0.1, 0.15) is 6.04 Å². The largest absolute Gasteiger partial charge is 0.467 e. The van der Waals surface area contributed by atoms with Crippen LogP contribution in [0.3, 0.4) is 0 Å². The third-order valence-electron chi connectivity index (χ3n) is 2.86. The Morgan fingerprint density at radius 1 is 1.53 bits per heavy atom. The summed E-state index contributed by atoms with van der Waals surface area (Å²) in [4.78, 5) is 23.1. The van der Waals surface area contributed by atoms with Crippen molar-refractivity contribution in [3.05, 3.63) is 24.3 Å². The van der Waals surface area contributed by atoms with Crippen LogP contribution in [-0.2, 0) is 14.3 Å². The Kier molecular flexibility index (Phi) is 2.34. The SMILES string of the molecule is COC(=O)C1CC2(C=CCC=C2)C(=O)N1. The molecule has 2 rings (SSSR count). The maximum absolute atomic E-state index is 11.8. The summed E-state index contributed by atoms with van der Waals surface area (Å²) in [7, 11) is 1.33. The minimum Gasteiger partial charge on any atom is -0.467 e. The van der Waals surface area contributed by atoms with E-state index in [-0.39, 0.29) is 11.9 Å². The van der Waals surface area contributed by atoms with Crippen LogP contribution in [-0.4, -0.2) is 25.0 Å². The molecule has 1 aliphatic heterocycles. The Balaban J connectivity index is 2.20. The molecule has 0 radical (unpaired) electrons. The number of rotatable bonds is 1. The minimum atomic E-state index is -0.628. The summed E-state index contributed by atoms with van der Waals surface area (Å²) in [5.41, 5.74) is -0.628. The second-order valence-corrected chi connectivity index (χ2v) is 3.83. The Morgan fingerprint density at radius 3 is 2.80 bits per heavy atom. The van der Waals surface area contributed by atoms with Gasteiger partial charge >= 0.3 is 5.97 Å². The molecule has 15 heavy (non-hydrogen) atoms. The van der Waals surface area contributed by atoms with Gasteiger partial charge in [0.25, 0.3) is 0 Å². The highest BCUT2D eigenvalue weighted by atomic mass is 16.5. The summed E-state index contributed by atoms with van der Waals surface area (Å²) < 4.78 is 4.61. The zero-order valence-corrected chi connectivity index (χ0v) is 8.53. The van der Waals surface area contributed by atoms with Gasteiger partial charge in [-0.15, -0.1) is 0 Å². The average Bonchev–Trinajstić information content (AvgIpc) is 2.57. The highest BCUT2D eigenvalue weighted by molar-refractivity contribution is 5.95. The number of carbonyl (C=O) groups excluding carboxylic acids is 2. The van der Waals surface area contributed by atoms with E-state index in [0.717, 1.165) is 6.42 Å². The molecule has 0 bridgehead atoms. The normalized spacial score (nSPS) is 26.7. The lowest BCUT2D eigenvalue weighted by Crippen LogP contribution is -2.34. The first-order valence-corrected chi connectivity index (χ1v) is 4.92. The molecular weight excluding hydrogens is 194 g/mol. The Hall–Kier alpha value is -1.58. The average molecular weight is 207 g/mol. The van der Waals surface area contributed by atoms with Gasteiger partial charge < -0.3 is 10.1 Å². The Labute approximate surface area is 88.0 Å². The lowest BCUT2D eigenvalue weighted by atomic mass is 9.81. The Morgan fingerprint density at radius 2 is 2.20 bits per heavy atom. The maximum Gasteiger partial charge on any atom is 0.328 e. The van der Waals surface area contributed by atoms with E-state index in [4.69, 9.17) is 0 Å². The van der Waals surface area contributed by atoms with Crippen LogP contribution in [0.5, 0.6) is 0 Å². The molecule has 0 aromatic heterocycles. The summed E-state index contributed by atoms with van der Waals surface area (Å²) in [6.45, 7) is 0. The number of ether oxygens (including phenoxy) is 1. The van der Waals surface area contributed by atoms with E-state index in [1.54, 1.807) is 0 Å². The second-order valence-electron chi connectivity index (χ2n) is 3.83. The molecule has 0 aromatic carbocycles. The first-order valence-electron chi connectivity index (χ1n) is 4.92. The number of hydrogen-bond donors (Lipinski definition) is 1. The lowest BCUT2D eigenvalue weighted by molar-refractivity contribution is -0.143. The molecule has 4 nitrogen and oxygen atoms in total. The fourth-order valence-corrected chi connectivity index (χ4v) is 2.04. The summed E-state index contributed by atoms with van der Waals surface area (Å²) in [6, 6.07) is -0.519. The molecule has 1 spiro atoms. The van der Waals surface area contributed by atoms with Crippen molar-refractivity contribution < 1.29 is 14.3 Å². The molecule has 0 saturated carbocycles. The fourth-order valence-electron chi connectivity index (χ4n) is 2.04. The van der Waals surface area contributed by atoms with Crippen molar-refractivity contribution in [2.24, 2.45) is 5.41 Å². The molecule has 0 aromatic rings. The molecule has 1 heterocycles. The molecule has 1 amide bonds. The molecule has 2 aliphatic rings. The van der Waals surface area contributed by atoms with Gasteiger partial charge in [-0.3, -0.25) is 4.79 Å². The van der Waals surface area contributed by atoms with Gasteiger partial charge in [-0.2, -0.15) is 0 Å². The molecule has 1 atom stereocenters. The van der Waals surface area contributed by atoms with Crippen LogP contribution in [0.1, 0.15) is 12.8 Å². The summed E-state index contributed by atoms with van der Waals surface area (Å²) in [6.07, 6.45) is 8.92. The third-order valence-corrected chi connectivity index (χ3v) is 2.86. The van der Waals surface area contributed by atoms with Gasteiger partial charge in [0.15, 0.2) is 0 Å². The van der Waals surface area contributed by atoms with Crippen molar-refractivity contribution >= 4 is 11.9 Å². The van der Waals surface area contributed by atoms with Crippen molar-refractivity contribution in [2.75, 3.05) is 7.11 Å². The van der Waals surface area contributed by atoms with Gasteiger partial charge in [0.2, 0.25) is 5.91 Å². The topological polar surface area (TPSA) is 55.4 Å². The van der Waals surface area contributed by atoms with Crippen LogP contribution in [0, 0.1) is 5.41 Å². The van der Waals surface area contributed by atoms with Crippen LogP contribution >= 0.6 is 0 Å². The lowest BCUT2D eigenvalue weighted by Gasteiger charge is -2.19. The van der Waals surface area contributed by atoms with E-state index >= 15 is 0 Å². The van der Waals surface area contributed by atoms with Crippen molar-refractivity contribution in [1.29, 1.82) is 0 Å². The molecule has 1 unspecified atom stereocenters. The number of hydrogen-bond acceptors (Lipinski definition) is 3. The molecule has 80 valence electrons. The third kappa shape index (κ3) is 1.56. The number of allylic oxidation sites excluding steroid dienone is 2. The maximum atomic E-state index is 11.8. The van der Waals surface area contributed by atoms with Crippen molar-refractivity contribution in [2.45, 2.75) is 18.9 Å². The molecule has 1 fully saturated rings. The van der Waals surface area contributed by atoms with E-state index in [2.05, 4.69) is 10.1 Å². The van der Waals surface area contributed by atoms with E-state index < -0.39 is 11.5 Å². The van der Waals surface area contributed by atoms with Crippen molar-refractivity contribution in [3.8, 4) is 0 Å². The zero-order valence-electron chi connectivity index (χ0n) is 8.53. The van der Waals surface area contributed by atoms with Gasteiger partial charge in [-0.1, -0.05) is 24.3 Å². The number of methoxy groups -OCH3 is 1. The van der Waals surface area contributed by atoms with Gasteiger partial charge in [0, 0.05) is 0 Å². The zero-order chi connectivity index (χ0) is 10.9. The van der Waals surface area contributed by atoms with Crippen LogP contribution < -0.4 is 5.32 Å². The number of amides is 1. The smallest absolute Gasteiger partial charge is 0.328 e. The summed E-state index contributed by atoms with van der Waals surface area (Å²) in [5, 5.41) is 2.65. The van der Waals surface area contributed by atoms with Crippen LogP contribution in [0.2, 0.25) is 0 Å². The van der Waals surface area contributed by atoms with Crippen LogP contribution in [0.15, 0.2) is 24.3 Å². The number of esters is 1. The minimum absolute atomic E-state index is 0.120. The van der Waals surface area contributed by atoms with Gasteiger partial charge in [0.05, 0.1) is 12.5 Å². The summed E-state index contributed by atoms with van der Waals surface area (Å²) in [5.74, 6) is -0.502. The first-order chi connectivity index (χ1) is 7.18. The van der Waals surface area contributed by atoms with E-state index in [1.807, 2.05) is 24.3 Å².